The fourth-order valence-corrected chi connectivity index (χ4v) is 4.08. The molecule has 3 heterocycles. The van der Waals surface area contributed by atoms with Crippen molar-refractivity contribution in [2.75, 3.05) is 39.2 Å². The highest BCUT2D eigenvalue weighted by molar-refractivity contribution is 5.89. The first kappa shape index (κ1) is 27.3. The Morgan fingerprint density at radius 3 is 2.51 bits per heavy atom. The molecule has 1 aliphatic heterocycles. The maximum absolute atomic E-state index is 12.8. The predicted octanol–water partition coefficient (Wildman–Crippen LogP) is 2.67. The van der Waals surface area contributed by atoms with E-state index in [1.807, 2.05) is 25.1 Å². The molecule has 0 bridgehead atoms. The number of rotatable bonds is 7. The van der Waals surface area contributed by atoms with Crippen LogP contribution >= 0.6 is 0 Å². The van der Waals surface area contributed by atoms with Gasteiger partial charge in [-0.25, -0.2) is 24.4 Å². The molecular formula is C26H30N4O7. The van der Waals surface area contributed by atoms with Crippen molar-refractivity contribution in [2.45, 2.75) is 25.8 Å². The van der Waals surface area contributed by atoms with Crippen LogP contribution in [0.2, 0.25) is 0 Å². The van der Waals surface area contributed by atoms with Crippen molar-refractivity contribution in [3.05, 3.63) is 58.6 Å². The number of benzene rings is 1. The molecule has 11 heteroatoms. The van der Waals surface area contributed by atoms with Gasteiger partial charge in [-0.3, -0.25) is 0 Å². The number of carboxylic acid groups (broad SMARTS) is 2. The van der Waals surface area contributed by atoms with Gasteiger partial charge >= 0.3 is 17.6 Å². The Hall–Kier alpha value is -4.25. The highest BCUT2D eigenvalue weighted by Gasteiger charge is 2.27. The molecule has 1 fully saturated rings. The molecule has 37 heavy (non-hydrogen) atoms. The first-order valence-corrected chi connectivity index (χ1v) is 11.7. The number of ether oxygens (including phenoxy) is 1. The van der Waals surface area contributed by atoms with Crippen LogP contribution in [0.3, 0.4) is 0 Å². The van der Waals surface area contributed by atoms with E-state index >= 15 is 0 Å². The first-order valence-electron chi connectivity index (χ1n) is 11.7. The second-order valence-corrected chi connectivity index (χ2v) is 8.58. The monoisotopic (exact) mass is 510 g/mol. The van der Waals surface area contributed by atoms with Gasteiger partial charge in [-0.15, -0.1) is 0 Å². The van der Waals surface area contributed by atoms with Crippen LogP contribution in [-0.4, -0.2) is 77.4 Å². The average Bonchev–Trinajstić information content (AvgIpc) is 3.37. The number of likely N-dealkylation sites (N-methyl/N-ethyl adjacent to an activating group) is 1. The van der Waals surface area contributed by atoms with Crippen molar-refractivity contribution in [1.82, 2.24) is 14.9 Å². The molecule has 2 aromatic heterocycles. The molecule has 11 nitrogen and oxygen atoms in total. The summed E-state index contributed by atoms with van der Waals surface area (Å²) in [6.07, 6.45) is 4.64. The van der Waals surface area contributed by atoms with Crippen molar-refractivity contribution in [1.29, 1.82) is 0 Å². The van der Waals surface area contributed by atoms with E-state index in [0.29, 0.717) is 41.3 Å². The highest BCUT2D eigenvalue weighted by atomic mass is 16.5. The predicted molar refractivity (Wildman–Crippen MR) is 138 cm³/mol. The zero-order chi connectivity index (χ0) is 27.1. The van der Waals surface area contributed by atoms with Crippen LogP contribution in [0.25, 0.3) is 22.4 Å². The average molecular weight is 511 g/mol. The van der Waals surface area contributed by atoms with Crippen LogP contribution < -0.4 is 15.3 Å². The number of methoxy groups -OCH3 is 1. The summed E-state index contributed by atoms with van der Waals surface area (Å²) in [4.78, 5) is 45.7. The molecule has 1 saturated heterocycles. The summed E-state index contributed by atoms with van der Waals surface area (Å²) < 4.78 is 11.1. The number of carbonyl (C=O) groups is 2. The summed E-state index contributed by atoms with van der Waals surface area (Å²) >= 11 is 0. The van der Waals surface area contributed by atoms with Gasteiger partial charge in [0.15, 0.2) is 0 Å². The molecule has 0 radical (unpaired) electrons. The normalized spacial score (nSPS) is 15.2. The first-order chi connectivity index (χ1) is 17.6. The summed E-state index contributed by atoms with van der Waals surface area (Å²) in [6.45, 7) is 3.77. The Morgan fingerprint density at radius 2 is 1.95 bits per heavy atom. The summed E-state index contributed by atoms with van der Waals surface area (Å²) in [5.74, 6) is -0.752. The maximum Gasteiger partial charge on any atom is 0.347 e. The molecule has 0 unspecified atom stereocenters. The Labute approximate surface area is 213 Å². The number of hydrogen-bond donors (Lipinski definition) is 2. The van der Waals surface area contributed by atoms with Crippen molar-refractivity contribution in [2.24, 2.45) is 0 Å². The number of aryl methyl sites for hydroxylation is 1. The molecule has 1 atom stereocenters. The van der Waals surface area contributed by atoms with Crippen LogP contribution in [0.5, 0.6) is 5.75 Å². The molecule has 0 amide bonds. The van der Waals surface area contributed by atoms with Crippen molar-refractivity contribution in [3.63, 3.8) is 0 Å². The lowest BCUT2D eigenvalue weighted by atomic mass is 10.1. The van der Waals surface area contributed by atoms with Gasteiger partial charge in [-0.1, -0.05) is 6.92 Å². The largest absolute Gasteiger partial charge is 0.497 e. The SMILES string of the molecule is CCc1cc(OC)cc2nc(-c3cccnc3N3CC[C@H](N(C)C)C3)oc(=O)c12.O=C(O)/C=C\C(=O)O. The van der Waals surface area contributed by atoms with Crippen LogP contribution in [0.15, 0.2) is 51.8 Å². The van der Waals surface area contributed by atoms with Gasteiger partial charge in [0, 0.05) is 43.5 Å². The lowest BCUT2D eigenvalue weighted by Crippen LogP contribution is -2.31. The van der Waals surface area contributed by atoms with Crippen molar-refractivity contribution >= 4 is 28.7 Å². The van der Waals surface area contributed by atoms with E-state index in [1.54, 1.807) is 19.4 Å². The molecule has 196 valence electrons. The van der Waals surface area contributed by atoms with Gasteiger partial charge in [0.2, 0.25) is 5.89 Å². The van der Waals surface area contributed by atoms with Crippen LogP contribution in [0.1, 0.15) is 18.9 Å². The second-order valence-electron chi connectivity index (χ2n) is 8.58. The molecule has 0 saturated carbocycles. The number of anilines is 1. The van der Waals surface area contributed by atoms with Gasteiger partial charge in [0.25, 0.3) is 0 Å². The molecule has 1 aromatic carbocycles. The third kappa shape index (κ3) is 6.70. The molecule has 3 aromatic rings. The standard InChI is InChI=1S/C22H26N4O3.C4H4O4/c1-5-14-11-16(28-4)12-18-19(14)22(27)29-21(24-18)17-7-6-9-23-20(17)26-10-8-15(13-26)25(2)3;5-3(6)1-2-4(7)8/h6-7,9,11-12,15H,5,8,10,13H2,1-4H3;1-2H,(H,5,6)(H,7,8)/b;2-1-/t15-;/m0./s1. The smallest absolute Gasteiger partial charge is 0.347 e. The molecule has 4 rings (SSSR count). The Kier molecular flexibility index (Phi) is 8.96. The lowest BCUT2D eigenvalue weighted by Gasteiger charge is -2.22. The summed E-state index contributed by atoms with van der Waals surface area (Å²) in [5.41, 5.74) is 1.79. The van der Waals surface area contributed by atoms with Gasteiger partial charge < -0.3 is 29.2 Å². The Morgan fingerprint density at radius 1 is 1.24 bits per heavy atom. The number of pyridine rings is 1. The number of aliphatic carboxylic acids is 2. The van der Waals surface area contributed by atoms with E-state index in [-0.39, 0.29) is 11.5 Å². The van der Waals surface area contributed by atoms with Crippen LogP contribution in [0, 0.1) is 0 Å². The minimum Gasteiger partial charge on any atom is -0.497 e. The Bertz CT molecular complexity index is 1350. The van der Waals surface area contributed by atoms with E-state index in [0.717, 1.165) is 36.5 Å². The van der Waals surface area contributed by atoms with Gasteiger partial charge in [0.1, 0.15) is 11.6 Å². The molecule has 0 spiro atoms. The summed E-state index contributed by atoms with van der Waals surface area (Å²) in [6, 6.07) is 7.86. The van der Waals surface area contributed by atoms with Gasteiger partial charge in [-0.05, 0) is 50.7 Å². The third-order valence-corrected chi connectivity index (χ3v) is 5.98. The topological polar surface area (TPSA) is 146 Å². The molecule has 0 aliphatic carbocycles. The van der Waals surface area contributed by atoms with E-state index in [4.69, 9.17) is 19.4 Å². The summed E-state index contributed by atoms with van der Waals surface area (Å²) in [7, 11) is 5.80. The number of aromatic nitrogens is 2. The minimum absolute atomic E-state index is 0.286. The molecule has 2 N–H and O–H groups in total. The van der Waals surface area contributed by atoms with Crippen LogP contribution in [0.4, 0.5) is 5.82 Å². The lowest BCUT2D eigenvalue weighted by molar-refractivity contribution is -0.134. The van der Waals surface area contributed by atoms with E-state index in [2.05, 4.69) is 33.9 Å². The van der Waals surface area contributed by atoms with Crippen molar-refractivity contribution < 1.29 is 29.0 Å². The Balaban J connectivity index is 0.000000414. The maximum atomic E-state index is 12.8. The quantitative estimate of drug-likeness (QED) is 0.452. The highest BCUT2D eigenvalue weighted by Crippen LogP contribution is 2.32. The fourth-order valence-electron chi connectivity index (χ4n) is 4.08. The van der Waals surface area contributed by atoms with E-state index in [1.165, 1.54) is 0 Å². The second kappa shape index (κ2) is 12.1. The van der Waals surface area contributed by atoms with Gasteiger partial charge in [0.05, 0.1) is 23.6 Å². The minimum atomic E-state index is -1.26. The number of nitrogens with zero attached hydrogens (tertiary/aromatic N) is 4. The van der Waals surface area contributed by atoms with Crippen molar-refractivity contribution in [3.8, 4) is 17.2 Å². The van der Waals surface area contributed by atoms with E-state index < -0.39 is 11.9 Å². The molecular weight excluding hydrogens is 480 g/mol. The number of fused-ring (bicyclic) bond motifs is 1. The zero-order valence-corrected chi connectivity index (χ0v) is 21.2. The number of carboxylic acids is 2. The summed E-state index contributed by atoms with van der Waals surface area (Å²) in [5, 5.41) is 16.1. The fraction of sp³-hybridized carbons (Fsp3) is 0.346. The molecule has 1 aliphatic rings. The van der Waals surface area contributed by atoms with Gasteiger partial charge in [-0.2, -0.15) is 0 Å². The number of hydrogen-bond acceptors (Lipinski definition) is 9. The third-order valence-electron chi connectivity index (χ3n) is 5.98. The van der Waals surface area contributed by atoms with E-state index in [9.17, 15) is 14.4 Å². The van der Waals surface area contributed by atoms with Crippen LogP contribution in [-0.2, 0) is 16.0 Å². The zero-order valence-electron chi connectivity index (χ0n) is 21.2.